The smallest absolute Gasteiger partial charge is 0.219 e. The van der Waals surface area contributed by atoms with E-state index in [1.165, 1.54) is 25.9 Å². The maximum atomic E-state index is 6.53. The van der Waals surface area contributed by atoms with Crippen molar-refractivity contribution in [3.63, 3.8) is 0 Å². The van der Waals surface area contributed by atoms with Gasteiger partial charge in [-0.1, -0.05) is 0 Å². The van der Waals surface area contributed by atoms with Gasteiger partial charge in [-0.15, -0.1) is 0 Å². The zero-order valence-corrected chi connectivity index (χ0v) is 14.0. The normalized spacial score (nSPS) is 31.1. The maximum absolute atomic E-state index is 6.53. The van der Waals surface area contributed by atoms with Crippen LogP contribution >= 0.6 is 0 Å². The van der Waals surface area contributed by atoms with Crippen molar-refractivity contribution in [1.29, 1.82) is 0 Å². The number of piperidine rings is 3. The SMILES string of the molecule is Cn1cc(C2=NCC3(CN4CCC3CC4)O2)c2cc(N)ccc21.[B]. The van der Waals surface area contributed by atoms with Gasteiger partial charge in [-0.05, 0) is 44.1 Å². The molecule has 4 aliphatic heterocycles. The Labute approximate surface area is 144 Å². The molecule has 5 heterocycles. The molecule has 123 valence electrons. The zero-order chi connectivity index (χ0) is 15.6. The van der Waals surface area contributed by atoms with Crippen molar-refractivity contribution in [2.75, 3.05) is 31.9 Å². The molecule has 2 bridgehead atoms. The van der Waals surface area contributed by atoms with Crippen molar-refractivity contribution in [2.45, 2.75) is 18.4 Å². The van der Waals surface area contributed by atoms with Crippen LogP contribution in [-0.2, 0) is 11.8 Å². The molecule has 1 atom stereocenters. The molecule has 1 spiro atoms. The lowest BCUT2D eigenvalue weighted by atomic mass is 9.75. The van der Waals surface area contributed by atoms with E-state index in [2.05, 4.69) is 28.8 Å². The van der Waals surface area contributed by atoms with Crippen LogP contribution in [0.3, 0.4) is 0 Å². The van der Waals surface area contributed by atoms with Crippen LogP contribution in [0, 0.1) is 5.92 Å². The fourth-order valence-corrected chi connectivity index (χ4v) is 4.60. The van der Waals surface area contributed by atoms with Crippen LogP contribution in [0.5, 0.6) is 0 Å². The van der Waals surface area contributed by atoms with Crippen LogP contribution in [0.2, 0.25) is 0 Å². The monoisotopic (exact) mass is 321 g/mol. The van der Waals surface area contributed by atoms with Gasteiger partial charge in [-0.25, -0.2) is 4.99 Å². The number of aryl methyl sites for hydroxylation is 1. The Kier molecular flexibility index (Phi) is 3.43. The first-order valence-corrected chi connectivity index (χ1v) is 8.45. The first-order valence-electron chi connectivity index (χ1n) is 8.45. The van der Waals surface area contributed by atoms with Gasteiger partial charge < -0.3 is 15.0 Å². The van der Waals surface area contributed by atoms with Gasteiger partial charge >= 0.3 is 0 Å². The van der Waals surface area contributed by atoms with Gasteiger partial charge in [-0.2, -0.15) is 0 Å². The summed E-state index contributed by atoms with van der Waals surface area (Å²) in [5.41, 5.74) is 8.91. The number of hydrogen-bond donors (Lipinski definition) is 1. The molecule has 0 amide bonds. The van der Waals surface area contributed by atoms with Crippen LogP contribution in [-0.4, -0.2) is 55.6 Å². The summed E-state index contributed by atoms with van der Waals surface area (Å²) >= 11 is 0. The summed E-state index contributed by atoms with van der Waals surface area (Å²) in [5, 5.41) is 1.13. The molecule has 3 radical (unpaired) electrons. The highest BCUT2D eigenvalue weighted by Gasteiger charge is 2.51. The van der Waals surface area contributed by atoms with Gasteiger partial charge in [0.25, 0.3) is 0 Å². The van der Waals surface area contributed by atoms with E-state index in [9.17, 15) is 0 Å². The number of anilines is 1. The molecule has 3 saturated heterocycles. The minimum atomic E-state index is -0.0890. The molecule has 3 fully saturated rings. The summed E-state index contributed by atoms with van der Waals surface area (Å²) in [6.07, 6.45) is 4.60. The highest BCUT2D eigenvalue weighted by Crippen LogP contribution is 2.42. The Morgan fingerprint density at radius 1 is 1.29 bits per heavy atom. The van der Waals surface area contributed by atoms with E-state index >= 15 is 0 Å². The molecule has 24 heavy (non-hydrogen) atoms. The first-order chi connectivity index (χ1) is 11.1. The molecule has 6 rings (SSSR count). The average molecular weight is 321 g/mol. The molecule has 2 N–H and O–H groups in total. The largest absolute Gasteiger partial charge is 0.467 e. The van der Waals surface area contributed by atoms with Gasteiger partial charge in [0.1, 0.15) is 5.60 Å². The summed E-state index contributed by atoms with van der Waals surface area (Å²) in [5.74, 6) is 1.45. The topological polar surface area (TPSA) is 55.8 Å². The second-order valence-electron chi connectivity index (χ2n) is 7.27. The molecule has 0 aliphatic carbocycles. The number of ether oxygens (including phenoxy) is 1. The fraction of sp³-hybridized carbons (Fsp3) is 0.500. The van der Waals surface area contributed by atoms with Crippen molar-refractivity contribution < 1.29 is 4.74 Å². The minimum absolute atomic E-state index is 0. The van der Waals surface area contributed by atoms with E-state index in [4.69, 9.17) is 15.5 Å². The molecular weight excluding hydrogens is 299 g/mol. The third-order valence-electron chi connectivity index (χ3n) is 5.86. The number of benzene rings is 1. The van der Waals surface area contributed by atoms with Gasteiger partial charge in [0, 0.05) is 50.7 Å². The summed E-state index contributed by atoms with van der Waals surface area (Å²) < 4.78 is 8.65. The van der Waals surface area contributed by atoms with Crippen LogP contribution < -0.4 is 5.73 Å². The van der Waals surface area contributed by atoms with Crippen LogP contribution in [0.1, 0.15) is 18.4 Å². The summed E-state index contributed by atoms with van der Waals surface area (Å²) in [6, 6.07) is 6.03. The molecule has 0 saturated carbocycles. The number of hydrogen-bond acceptors (Lipinski definition) is 4. The van der Waals surface area contributed by atoms with Gasteiger partial charge in [0.15, 0.2) is 0 Å². The van der Waals surface area contributed by atoms with E-state index in [0.717, 1.165) is 41.1 Å². The number of nitrogens with two attached hydrogens (primary N) is 1. The Morgan fingerprint density at radius 2 is 2.08 bits per heavy atom. The lowest BCUT2D eigenvalue weighted by Gasteiger charge is -2.50. The fourth-order valence-electron chi connectivity index (χ4n) is 4.60. The van der Waals surface area contributed by atoms with Crippen LogP contribution in [0.4, 0.5) is 5.69 Å². The van der Waals surface area contributed by atoms with E-state index in [-0.39, 0.29) is 14.0 Å². The number of rotatable bonds is 1. The van der Waals surface area contributed by atoms with E-state index < -0.39 is 0 Å². The van der Waals surface area contributed by atoms with Gasteiger partial charge in [-0.3, -0.25) is 4.90 Å². The van der Waals surface area contributed by atoms with Crippen molar-refractivity contribution in [3.8, 4) is 0 Å². The zero-order valence-electron chi connectivity index (χ0n) is 14.0. The van der Waals surface area contributed by atoms with Gasteiger partial charge in [0.2, 0.25) is 5.90 Å². The molecule has 1 aromatic carbocycles. The summed E-state index contributed by atoms with van der Waals surface area (Å²) in [4.78, 5) is 7.34. The number of aliphatic imine (C=N–C) groups is 1. The number of nitrogen functional groups attached to an aromatic ring is 1. The number of fused-ring (bicyclic) bond motifs is 3. The molecule has 2 aromatic rings. The first kappa shape index (κ1) is 15.6. The molecule has 4 aliphatic rings. The number of nitrogens with zero attached hydrogens (tertiary/aromatic N) is 3. The van der Waals surface area contributed by atoms with Gasteiger partial charge in [0.05, 0.1) is 12.1 Å². The Morgan fingerprint density at radius 3 is 2.79 bits per heavy atom. The predicted molar refractivity (Wildman–Crippen MR) is 97.5 cm³/mol. The summed E-state index contributed by atoms with van der Waals surface area (Å²) in [7, 11) is 2.06. The quantitative estimate of drug-likeness (QED) is 0.641. The third kappa shape index (κ3) is 2.09. The second kappa shape index (κ2) is 5.28. The van der Waals surface area contributed by atoms with Crippen LogP contribution in [0.15, 0.2) is 29.4 Å². The lowest BCUT2D eigenvalue weighted by molar-refractivity contribution is -0.0825. The number of aromatic nitrogens is 1. The Balaban J connectivity index is 0.00000146. The van der Waals surface area contributed by atoms with Crippen molar-refractivity contribution in [2.24, 2.45) is 18.0 Å². The molecule has 6 heteroatoms. The van der Waals surface area contributed by atoms with E-state index in [1.54, 1.807) is 0 Å². The molecule has 5 nitrogen and oxygen atoms in total. The Hall–Kier alpha value is -1.95. The van der Waals surface area contributed by atoms with Crippen molar-refractivity contribution in [3.05, 3.63) is 30.0 Å². The molecule has 1 aromatic heterocycles. The molecule has 1 unspecified atom stereocenters. The molecular formula is C18H22BN4O. The maximum Gasteiger partial charge on any atom is 0.219 e. The van der Waals surface area contributed by atoms with E-state index in [1.807, 2.05) is 12.1 Å². The average Bonchev–Trinajstić information content (AvgIpc) is 3.10. The van der Waals surface area contributed by atoms with Crippen LogP contribution in [0.25, 0.3) is 10.9 Å². The highest BCUT2D eigenvalue weighted by molar-refractivity contribution is 6.08. The minimum Gasteiger partial charge on any atom is -0.467 e. The standard InChI is InChI=1S/C18H22N4O.B/c1-21-9-15(14-8-13(19)2-3-16(14)21)17-20-10-18(23-17)11-22-6-4-12(18)5-7-22;/h2-3,8-9,12H,4-7,10-11,19H2,1H3;. The lowest BCUT2D eigenvalue weighted by Crippen LogP contribution is -2.60. The summed E-state index contributed by atoms with van der Waals surface area (Å²) in [6.45, 7) is 4.26. The third-order valence-corrected chi connectivity index (χ3v) is 5.86. The van der Waals surface area contributed by atoms with Crippen molar-refractivity contribution in [1.82, 2.24) is 9.47 Å². The van der Waals surface area contributed by atoms with E-state index in [0.29, 0.717) is 5.92 Å². The predicted octanol–water partition coefficient (Wildman–Crippen LogP) is 1.62. The van der Waals surface area contributed by atoms with Crippen molar-refractivity contribution >= 4 is 30.9 Å². The highest BCUT2D eigenvalue weighted by atomic mass is 16.5. The second-order valence-corrected chi connectivity index (χ2v) is 7.27. The Bertz CT molecular complexity index is 822.